The first kappa shape index (κ1) is 9.05. The van der Waals surface area contributed by atoms with Gasteiger partial charge in [-0.25, -0.2) is 0 Å². The molecule has 0 aromatic rings. The maximum Gasteiger partial charge on any atom is 0.0731 e. The molecule has 0 radical (unpaired) electrons. The van der Waals surface area contributed by atoms with Crippen LogP contribution in [-0.4, -0.2) is 36.7 Å². The highest BCUT2D eigenvalue weighted by molar-refractivity contribution is 5.01. The average molecular weight is 179 g/mol. The van der Waals surface area contributed by atoms with E-state index in [0.29, 0.717) is 12.1 Å². The van der Waals surface area contributed by atoms with Crippen LogP contribution in [0.4, 0.5) is 0 Å². The Balaban J connectivity index is 1.96. The van der Waals surface area contributed by atoms with E-state index >= 15 is 0 Å². The van der Waals surface area contributed by atoms with E-state index in [9.17, 15) is 0 Å². The van der Waals surface area contributed by atoms with Crippen LogP contribution in [0.1, 0.15) is 26.2 Å². The Hall–Kier alpha value is -0.520. The first-order valence-electron chi connectivity index (χ1n) is 5.17. The van der Waals surface area contributed by atoms with Crippen molar-refractivity contribution in [3.8, 4) is 11.8 Å². The Labute approximate surface area is 80.2 Å². The zero-order valence-electron chi connectivity index (χ0n) is 8.25. The minimum absolute atomic E-state index is 0.507. The molecule has 2 fully saturated rings. The Bertz CT molecular complexity index is 228. The minimum atomic E-state index is 0.507. The highest BCUT2D eigenvalue weighted by atomic mass is 16.5. The highest BCUT2D eigenvalue weighted by Crippen LogP contribution is 2.29. The highest BCUT2D eigenvalue weighted by Gasteiger charge is 2.35. The quantitative estimate of drug-likeness (QED) is 0.562. The molecule has 0 unspecified atom stereocenters. The molecule has 0 N–H and O–H groups in total. The zero-order chi connectivity index (χ0) is 9.10. The van der Waals surface area contributed by atoms with Gasteiger partial charge in [-0.3, -0.25) is 4.90 Å². The lowest BCUT2D eigenvalue weighted by Gasteiger charge is -2.36. The molecular weight excluding hydrogens is 162 g/mol. The van der Waals surface area contributed by atoms with E-state index in [1.807, 2.05) is 6.92 Å². The Morgan fingerprint density at radius 3 is 3.23 bits per heavy atom. The van der Waals surface area contributed by atoms with Gasteiger partial charge in [0.1, 0.15) is 0 Å². The molecule has 2 atom stereocenters. The fraction of sp³-hybridized carbons (Fsp3) is 0.818. The number of nitrogens with zero attached hydrogens (tertiary/aromatic N) is 1. The second kappa shape index (κ2) is 4.13. The van der Waals surface area contributed by atoms with Crippen molar-refractivity contribution in [3.63, 3.8) is 0 Å². The van der Waals surface area contributed by atoms with Gasteiger partial charge in [-0.15, -0.1) is 5.92 Å². The maximum atomic E-state index is 5.72. The fourth-order valence-corrected chi connectivity index (χ4v) is 2.38. The van der Waals surface area contributed by atoms with Gasteiger partial charge in [0.2, 0.25) is 0 Å². The van der Waals surface area contributed by atoms with Gasteiger partial charge in [0.15, 0.2) is 0 Å². The summed E-state index contributed by atoms with van der Waals surface area (Å²) in [6.45, 7) is 4.80. The van der Waals surface area contributed by atoms with E-state index in [2.05, 4.69) is 16.7 Å². The molecule has 2 rings (SSSR count). The first-order valence-corrected chi connectivity index (χ1v) is 5.17. The summed E-state index contributed by atoms with van der Waals surface area (Å²) >= 11 is 0. The van der Waals surface area contributed by atoms with Gasteiger partial charge in [0.05, 0.1) is 19.3 Å². The third kappa shape index (κ3) is 1.87. The lowest BCUT2D eigenvalue weighted by atomic mass is 10.1. The standard InChI is InChI=1S/C11H17NO/c1-2-3-7-12-8-9-13-11-6-4-5-10(11)12/h10-11H,4-9H2,1H3/t10-,11+/m1/s1. The topological polar surface area (TPSA) is 12.5 Å². The largest absolute Gasteiger partial charge is 0.375 e. The van der Waals surface area contributed by atoms with Gasteiger partial charge in [-0.05, 0) is 26.2 Å². The maximum absolute atomic E-state index is 5.72. The molecule has 72 valence electrons. The lowest BCUT2D eigenvalue weighted by molar-refractivity contribution is -0.0504. The lowest BCUT2D eigenvalue weighted by Crippen LogP contribution is -2.48. The molecule has 0 amide bonds. The van der Waals surface area contributed by atoms with Crippen LogP contribution in [0.3, 0.4) is 0 Å². The van der Waals surface area contributed by atoms with Gasteiger partial charge in [0, 0.05) is 12.6 Å². The molecule has 0 spiro atoms. The Morgan fingerprint density at radius 1 is 1.46 bits per heavy atom. The Morgan fingerprint density at radius 2 is 2.38 bits per heavy atom. The van der Waals surface area contributed by atoms with Crippen LogP contribution in [0.2, 0.25) is 0 Å². The van der Waals surface area contributed by atoms with E-state index < -0.39 is 0 Å². The summed E-state index contributed by atoms with van der Waals surface area (Å²) < 4.78 is 5.72. The van der Waals surface area contributed by atoms with Crippen LogP contribution in [0.5, 0.6) is 0 Å². The summed E-state index contributed by atoms with van der Waals surface area (Å²) in [4.78, 5) is 2.48. The zero-order valence-corrected chi connectivity index (χ0v) is 8.25. The minimum Gasteiger partial charge on any atom is -0.375 e. The van der Waals surface area contributed by atoms with Crippen molar-refractivity contribution >= 4 is 0 Å². The molecule has 1 aliphatic carbocycles. The second-order valence-electron chi connectivity index (χ2n) is 3.80. The van der Waals surface area contributed by atoms with Crippen LogP contribution in [0.15, 0.2) is 0 Å². The van der Waals surface area contributed by atoms with Crippen molar-refractivity contribution in [2.45, 2.75) is 38.3 Å². The van der Waals surface area contributed by atoms with E-state index in [-0.39, 0.29) is 0 Å². The number of fused-ring (bicyclic) bond motifs is 1. The van der Waals surface area contributed by atoms with E-state index in [1.54, 1.807) is 0 Å². The van der Waals surface area contributed by atoms with Crippen LogP contribution in [0.25, 0.3) is 0 Å². The average Bonchev–Trinajstić information content (AvgIpc) is 2.62. The molecule has 13 heavy (non-hydrogen) atoms. The third-order valence-corrected chi connectivity index (χ3v) is 3.06. The van der Waals surface area contributed by atoms with E-state index in [0.717, 1.165) is 19.7 Å². The predicted octanol–water partition coefficient (Wildman–Crippen LogP) is 1.26. The summed E-state index contributed by atoms with van der Waals surface area (Å²) in [6.07, 6.45) is 4.38. The van der Waals surface area contributed by atoms with Gasteiger partial charge in [-0.2, -0.15) is 0 Å². The fourth-order valence-electron chi connectivity index (χ4n) is 2.38. The van der Waals surface area contributed by atoms with Crippen molar-refractivity contribution in [1.29, 1.82) is 0 Å². The van der Waals surface area contributed by atoms with Crippen molar-refractivity contribution in [2.75, 3.05) is 19.7 Å². The number of hydrogen-bond acceptors (Lipinski definition) is 2. The first-order chi connectivity index (χ1) is 6.42. The molecular formula is C11H17NO. The summed E-state index contributed by atoms with van der Waals surface area (Å²) in [5.41, 5.74) is 0. The smallest absolute Gasteiger partial charge is 0.0731 e. The van der Waals surface area contributed by atoms with Gasteiger partial charge in [-0.1, -0.05) is 5.92 Å². The molecule has 1 aliphatic heterocycles. The number of hydrogen-bond donors (Lipinski definition) is 0. The summed E-state index contributed by atoms with van der Waals surface area (Å²) in [5.74, 6) is 6.11. The van der Waals surface area contributed by atoms with E-state index in [4.69, 9.17) is 4.74 Å². The molecule has 2 heteroatoms. The molecule has 2 aliphatic rings. The van der Waals surface area contributed by atoms with Crippen molar-refractivity contribution < 1.29 is 4.74 Å². The third-order valence-electron chi connectivity index (χ3n) is 3.06. The predicted molar refractivity (Wildman–Crippen MR) is 52.4 cm³/mol. The summed E-state index contributed by atoms with van der Waals surface area (Å²) in [7, 11) is 0. The van der Waals surface area contributed by atoms with E-state index in [1.165, 1.54) is 19.3 Å². The number of morpholine rings is 1. The SMILES string of the molecule is CC#CCN1CCO[C@H]2CCC[C@H]21. The molecule has 0 aromatic carbocycles. The molecule has 0 aromatic heterocycles. The Kier molecular flexibility index (Phi) is 2.87. The summed E-state index contributed by atoms with van der Waals surface area (Å²) in [5, 5.41) is 0. The van der Waals surface area contributed by atoms with Crippen LogP contribution in [0, 0.1) is 11.8 Å². The van der Waals surface area contributed by atoms with Gasteiger partial charge >= 0.3 is 0 Å². The van der Waals surface area contributed by atoms with Gasteiger partial charge in [0.25, 0.3) is 0 Å². The van der Waals surface area contributed by atoms with Crippen molar-refractivity contribution in [2.24, 2.45) is 0 Å². The van der Waals surface area contributed by atoms with Crippen LogP contribution >= 0.6 is 0 Å². The van der Waals surface area contributed by atoms with Crippen LogP contribution < -0.4 is 0 Å². The molecule has 1 saturated heterocycles. The molecule has 2 nitrogen and oxygen atoms in total. The van der Waals surface area contributed by atoms with Crippen LogP contribution in [-0.2, 0) is 4.74 Å². The van der Waals surface area contributed by atoms with Gasteiger partial charge < -0.3 is 4.74 Å². The normalized spacial score (nSPS) is 33.6. The molecule has 1 saturated carbocycles. The molecule has 0 bridgehead atoms. The number of rotatable bonds is 1. The monoisotopic (exact) mass is 179 g/mol. The summed E-state index contributed by atoms with van der Waals surface area (Å²) in [6, 6.07) is 0.662. The van der Waals surface area contributed by atoms with Crippen molar-refractivity contribution in [1.82, 2.24) is 4.90 Å². The second-order valence-corrected chi connectivity index (χ2v) is 3.80. The number of ether oxygens (including phenoxy) is 1. The van der Waals surface area contributed by atoms with Crippen molar-refractivity contribution in [3.05, 3.63) is 0 Å². The molecule has 1 heterocycles.